The van der Waals surface area contributed by atoms with Gasteiger partial charge in [0.1, 0.15) is 52.7 Å². The number of fused-ring (bicyclic) bond motifs is 1. The van der Waals surface area contributed by atoms with Gasteiger partial charge in [0.15, 0.2) is 82.5 Å². The third-order valence-electron chi connectivity index (χ3n) is 10.5. The van der Waals surface area contributed by atoms with Gasteiger partial charge in [-0.25, -0.2) is 87.8 Å². The molecule has 0 unspecified atom stereocenters. The van der Waals surface area contributed by atoms with Gasteiger partial charge in [0.05, 0.1) is 12.0 Å². The van der Waals surface area contributed by atoms with Crippen molar-refractivity contribution in [3.8, 4) is 5.88 Å². The van der Waals surface area contributed by atoms with Crippen LogP contribution in [0.2, 0.25) is 0 Å². The Hall–Kier alpha value is -6.81. The van der Waals surface area contributed by atoms with Crippen LogP contribution in [-0.4, -0.2) is 12.8 Å². The maximum atomic E-state index is 15.4. The van der Waals surface area contributed by atoms with Crippen LogP contribution in [0.25, 0.3) is 10.8 Å². The first-order chi connectivity index (χ1) is 31.6. The average Bonchev–Trinajstić information content (AvgIpc) is 3.32. The summed E-state index contributed by atoms with van der Waals surface area (Å²) in [6.07, 6.45) is -2.88. The molecule has 352 valence electrons. The normalized spacial score (nSPS) is 11.6. The third-order valence-corrected chi connectivity index (χ3v) is 10.5. The molecule has 0 aliphatic heterocycles. The van der Waals surface area contributed by atoms with Crippen molar-refractivity contribution in [3.63, 3.8) is 0 Å². The highest BCUT2D eigenvalue weighted by molar-refractivity contribution is 7.20. The van der Waals surface area contributed by atoms with E-state index in [-0.39, 0.29) is 0 Å². The number of unbranched alkanes of at least 4 members (excludes halogenated alkanes) is 1. The maximum Gasteiger partial charge on any atom is 0.376 e. The molecule has 0 saturated carbocycles. The van der Waals surface area contributed by atoms with E-state index in [2.05, 4.69) is 72.3 Å². The van der Waals surface area contributed by atoms with E-state index in [0.29, 0.717) is 0 Å². The van der Waals surface area contributed by atoms with Gasteiger partial charge in [0, 0.05) is 11.6 Å². The molecule has 7 rings (SSSR count). The summed E-state index contributed by atoms with van der Waals surface area (Å²) in [7, 11) is 0. The number of rotatable bonds is 10. The summed E-state index contributed by atoms with van der Waals surface area (Å²) in [4.78, 5) is 0. The van der Waals surface area contributed by atoms with Crippen molar-refractivity contribution in [2.75, 3.05) is 6.61 Å². The number of aromatic nitrogens is 1. The fourth-order valence-corrected chi connectivity index (χ4v) is 7.48. The highest BCUT2D eigenvalue weighted by Crippen LogP contribution is 2.31. The minimum absolute atomic E-state index is 0.763. The van der Waals surface area contributed by atoms with Gasteiger partial charge in [-0.05, 0) is 17.9 Å². The van der Waals surface area contributed by atoms with E-state index in [1.54, 1.807) is 0 Å². The topological polar surface area (TPSA) is 13.1 Å². The molecule has 1 heterocycles. The zero-order valence-corrected chi connectivity index (χ0v) is 33.2. The van der Waals surface area contributed by atoms with Crippen molar-refractivity contribution in [2.24, 2.45) is 0 Å². The first-order valence-corrected chi connectivity index (χ1v) is 18.9. The van der Waals surface area contributed by atoms with Crippen LogP contribution < -0.4 is 31.2 Å². The number of nitrogens with zero attached hydrogens (tertiary/aromatic N) is 1. The standard InChI is InChI=1S/C24BF20.C20H22NO/c26-5-1(6(27)14(35)21(42)13(5)34)25(2-7(28)15(36)22(43)16(37)8(2)29,3-9(30)17(38)23(44)18(39)10(3)31)4-11(32)19(40)24(45)20(41)12(4)33;1-2-3-15-22-20-19-12-8-7-11-18(19)13-14-21(20)16-17-9-5-4-6-10-17/h;4-14H,2-3,15-16H2,1H3/q-1;+1. The number of hydrogen-bond donors (Lipinski definition) is 0. The number of halogens is 20. The van der Waals surface area contributed by atoms with Gasteiger partial charge in [0.2, 0.25) is 0 Å². The monoisotopic (exact) mass is 971 g/mol. The van der Waals surface area contributed by atoms with E-state index in [9.17, 15) is 52.7 Å². The molecule has 0 saturated heterocycles. The Kier molecular flexibility index (Phi) is 14.2. The lowest BCUT2D eigenvalue weighted by Gasteiger charge is -2.44. The van der Waals surface area contributed by atoms with E-state index in [0.717, 1.165) is 31.9 Å². The second-order valence-corrected chi connectivity index (χ2v) is 14.3. The molecule has 0 spiro atoms. The van der Waals surface area contributed by atoms with Crippen LogP contribution in [0.5, 0.6) is 5.88 Å². The van der Waals surface area contributed by atoms with Gasteiger partial charge in [-0.2, -0.15) is 4.57 Å². The molecular weight excluding hydrogens is 949 g/mol. The summed E-state index contributed by atoms with van der Waals surface area (Å²) in [5.41, 5.74) is -13.0. The Morgan fingerprint density at radius 3 is 1.04 bits per heavy atom. The van der Waals surface area contributed by atoms with Crippen molar-refractivity contribution in [2.45, 2.75) is 26.3 Å². The van der Waals surface area contributed by atoms with Gasteiger partial charge < -0.3 is 4.74 Å². The Morgan fingerprint density at radius 1 is 0.388 bits per heavy atom. The molecule has 0 amide bonds. The summed E-state index contributed by atoms with van der Waals surface area (Å²) in [5, 5.41) is 2.40. The summed E-state index contributed by atoms with van der Waals surface area (Å²) in [6, 6.07) is 21.1. The maximum absolute atomic E-state index is 15.4. The summed E-state index contributed by atoms with van der Waals surface area (Å²) < 4.78 is 302. The minimum atomic E-state index is -7.22. The lowest BCUT2D eigenvalue weighted by Crippen LogP contribution is -2.81. The van der Waals surface area contributed by atoms with Gasteiger partial charge >= 0.3 is 5.88 Å². The first kappa shape index (κ1) is 49.6. The zero-order chi connectivity index (χ0) is 49.6. The molecule has 0 atom stereocenters. The number of benzene rings is 6. The van der Waals surface area contributed by atoms with Crippen LogP contribution in [0.4, 0.5) is 87.8 Å². The lowest BCUT2D eigenvalue weighted by atomic mass is 9.12. The van der Waals surface area contributed by atoms with Gasteiger partial charge in [-0.3, -0.25) is 0 Å². The SMILES string of the molecule is CCCCOc1c2ccccc2cc[n+]1Cc1ccccc1.Fc1c(F)c(F)c([B-](c2c(F)c(F)c(F)c(F)c2F)(c2c(F)c(F)c(F)c(F)c2F)c2c(F)c(F)c(F)c(F)c2F)c(F)c1F. The zero-order valence-electron chi connectivity index (χ0n) is 33.2. The molecule has 0 radical (unpaired) electrons. The highest BCUT2D eigenvalue weighted by atomic mass is 19.2. The Morgan fingerprint density at radius 2 is 0.701 bits per heavy atom. The predicted molar refractivity (Wildman–Crippen MR) is 199 cm³/mol. The van der Waals surface area contributed by atoms with E-state index in [1.165, 1.54) is 16.3 Å². The highest BCUT2D eigenvalue weighted by Gasteiger charge is 2.52. The van der Waals surface area contributed by atoms with Gasteiger partial charge in [0.25, 0.3) is 0 Å². The van der Waals surface area contributed by atoms with Crippen molar-refractivity contribution < 1.29 is 97.1 Å². The molecule has 0 N–H and O–H groups in total. The van der Waals surface area contributed by atoms with Crippen LogP contribution >= 0.6 is 0 Å². The Labute approximate surface area is 363 Å². The van der Waals surface area contributed by atoms with Crippen molar-refractivity contribution in [1.29, 1.82) is 0 Å². The van der Waals surface area contributed by atoms with Crippen LogP contribution in [0.15, 0.2) is 66.9 Å². The fourth-order valence-electron chi connectivity index (χ4n) is 7.48. The molecule has 0 aliphatic rings. The molecule has 0 fully saturated rings. The summed E-state index contributed by atoms with van der Waals surface area (Å²) in [6.45, 7) is 3.77. The molecule has 0 bridgehead atoms. The average molecular weight is 971 g/mol. The van der Waals surface area contributed by atoms with Gasteiger partial charge in [-0.15, -0.1) is 21.9 Å². The minimum Gasteiger partial charge on any atom is -0.444 e. The molecule has 67 heavy (non-hydrogen) atoms. The quantitative estimate of drug-likeness (QED) is 0.0333. The lowest BCUT2D eigenvalue weighted by molar-refractivity contribution is -0.692. The summed E-state index contributed by atoms with van der Waals surface area (Å²) >= 11 is 0. The van der Waals surface area contributed by atoms with Crippen molar-refractivity contribution in [1.82, 2.24) is 0 Å². The number of pyridine rings is 1. The van der Waals surface area contributed by atoms with Crippen LogP contribution in [0.3, 0.4) is 0 Å². The van der Waals surface area contributed by atoms with Crippen LogP contribution in [0, 0.1) is 116 Å². The molecule has 23 heteroatoms. The van der Waals surface area contributed by atoms with E-state index in [4.69, 9.17) is 4.74 Å². The second kappa shape index (κ2) is 19.2. The summed E-state index contributed by atoms with van der Waals surface area (Å²) in [5.74, 6) is -70.4. The van der Waals surface area contributed by atoms with E-state index >= 15 is 35.1 Å². The molecule has 1 aromatic heterocycles. The van der Waals surface area contributed by atoms with Gasteiger partial charge in [-0.1, -0.05) is 61.9 Å². The third kappa shape index (κ3) is 8.14. The Bertz CT molecular complexity index is 2700. The van der Waals surface area contributed by atoms with Crippen LogP contribution in [-0.2, 0) is 6.54 Å². The molecule has 2 nitrogen and oxygen atoms in total. The second-order valence-electron chi connectivity index (χ2n) is 14.3. The molecule has 6 aromatic carbocycles. The van der Waals surface area contributed by atoms with E-state index < -0.39 is 144 Å². The van der Waals surface area contributed by atoms with Crippen LogP contribution in [0.1, 0.15) is 25.3 Å². The largest absolute Gasteiger partial charge is 0.444 e. The predicted octanol–water partition coefficient (Wildman–Crippen LogP) is 10.2. The molecule has 0 aliphatic carbocycles. The number of ether oxygens (including phenoxy) is 1. The molecular formula is C44H22BF20NO. The number of hydrogen-bond acceptors (Lipinski definition) is 1. The van der Waals surface area contributed by atoms with E-state index in [1.807, 2.05) is 6.07 Å². The Balaban J connectivity index is 0.000000279. The van der Waals surface area contributed by atoms with Crippen molar-refractivity contribution >= 4 is 38.8 Å². The van der Waals surface area contributed by atoms with Crippen molar-refractivity contribution in [3.05, 3.63) is 189 Å². The fraction of sp³-hybridized carbons (Fsp3) is 0.114. The molecule has 7 aromatic rings. The smallest absolute Gasteiger partial charge is 0.376 e. The first-order valence-electron chi connectivity index (χ1n) is 18.9.